The lowest BCUT2D eigenvalue weighted by Gasteiger charge is -2.31. The van der Waals surface area contributed by atoms with Crippen molar-refractivity contribution in [3.63, 3.8) is 0 Å². The lowest BCUT2D eigenvalue weighted by Crippen LogP contribution is -2.39. The Balaban J connectivity index is 2.29. The Bertz CT molecular complexity index is 841. The van der Waals surface area contributed by atoms with Crippen LogP contribution in [0.1, 0.15) is 57.0 Å². The third kappa shape index (κ3) is 3.58. The molecule has 0 bridgehead atoms. The maximum atomic E-state index is 14.8. The minimum atomic E-state index is -1.61. The summed E-state index contributed by atoms with van der Waals surface area (Å²) in [4.78, 5) is 4.54. The first-order valence-corrected chi connectivity index (χ1v) is 9.49. The molecule has 2 aliphatic rings. The van der Waals surface area contributed by atoms with Crippen molar-refractivity contribution in [3.05, 3.63) is 40.5 Å². The summed E-state index contributed by atoms with van der Waals surface area (Å²) < 4.78 is 34.1. The molecule has 3 rings (SSSR count). The average Bonchev–Trinajstić information content (AvgIpc) is 3.47. The molecular weight excluding hydrogens is 366 g/mol. The Kier molecular flexibility index (Phi) is 5.38. The van der Waals surface area contributed by atoms with Gasteiger partial charge in [0.15, 0.2) is 5.75 Å². The molecule has 154 valence electrons. The van der Waals surface area contributed by atoms with Crippen LogP contribution in [-0.4, -0.2) is 35.0 Å². The molecule has 5 nitrogen and oxygen atoms in total. The first-order valence-electron chi connectivity index (χ1n) is 9.49. The number of aromatic nitrogens is 1. The Morgan fingerprint density at radius 3 is 2.46 bits per heavy atom. The molecule has 7 heteroatoms. The smallest absolute Gasteiger partial charge is 0.150 e. The highest BCUT2D eigenvalue weighted by Crippen LogP contribution is 2.47. The number of allylic oxidation sites excluding steroid dienone is 4. The number of rotatable bonds is 6. The van der Waals surface area contributed by atoms with Crippen LogP contribution in [0.25, 0.3) is 5.57 Å². The van der Waals surface area contributed by atoms with Crippen LogP contribution in [0.5, 0.6) is 5.75 Å². The van der Waals surface area contributed by atoms with Crippen LogP contribution in [0.3, 0.4) is 0 Å². The number of alkyl halides is 1. The summed E-state index contributed by atoms with van der Waals surface area (Å²) in [6.07, 6.45) is 1.05. The summed E-state index contributed by atoms with van der Waals surface area (Å²) in [5.74, 6) is -0.345. The van der Waals surface area contributed by atoms with Crippen molar-refractivity contribution in [2.45, 2.75) is 57.4 Å². The van der Waals surface area contributed by atoms with E-state index in [9.17, 15) is 19.0 Å². The van der Waals surface area contributed by atoms with Gasteiger partial charge in [0.25, 0.3) is 0 Å². The van der Waals surface area contributed by atoms with E-state index in [2.05, 4.69) is 4.98 Å². The second-order valence-electron chi connectivity index (χ2n) is 8.26. The molecule has 0 saturated heterocycles. The number of nitrogens with zero attached hydrogens (tertiary/aromatic N) is 1. The zero-order valence-electron chi connectivity index (χ0n) is 16.7. The standard InChI is InChI=1S/C21H28F2N2O3/c1-11-7-13(16(23)9-15(11)22)18-19(28-4)14(20(2,3)26)8-17(25-18)21(27,10-24)12-5-6-12/h7-8,12,16,26-27H,5-6,9-10,24H2,1-4H3/t16?,21-/m1/s1. The third-order valence-corrected chi connectivity index (χ3v) is 5.61. The van der Waals surface area contributed by atoms with Gasteiger partial charge in [-0.15, -0.1) is 0 Å². The van der Waals surface area contributed by atoms with E-state index in [0.717, 1.165) is 12.8 Å². The zero-order chi connectivity index (χ0) is 20.9. The lowest BCUT2D eigenvalue weighted by molar-refractivity contribution is 0.0168. The number of pyridine rings is 1. The van der Waals surface area contributed by atoms with Gasteiger partial charge >= 0.3 is 0 Å². The summed E-state index contributed by atoms with van der Waals surface area (Å²) in [7, 11) is 1.41. The molecule has 1 aromatic rings. The first kappa shape index (κ1) is 20.9. The van der Waals surface area contributed by atoms with Crippen LogP contribution in [0.4, 0.5) is 8.78 Å². The summed E-state index contributed by atoms with van der Waals surface area (Å²) in [6.45, 7) is 4.66. The number of ether oxygens (including phenoxy) is 1. The van der Waals surface area contributed by atoms with Gasteiger partial charge in [0, 0.05) is 24.1 Å². The van der Waals surface area contributed by atoms with Crippen molar-refractivity contribution in [1.29, 1.82) is 0 Å². The molecule has 1 heterocycles. The summed E-state index contributed by atoms with van der Waals surface area (Å²) in [6, 6.07) is 1.58. The molecule has 0 amide bonds. The van der Waals surface area contributed by atoms with Crippen molar-refractivity contribution in [2.75, 3.05) is 13.7 Å². The molecule has 4 N–H and O–H groups in total. The molecular formula is C21H28F2N2O3. The Hall–Kier alpha value is -1.83. The average molecular weight is 394 g/mol. The normalized spacial score (nSPS) is 22.8. The Morgan fingerprint density at radius 1 is 1.32 bits per heavy atom. The van der Waals surface area contributed by atoms with Crippen LogP contribution in [0.15, 0.2) is 23.5 Å². The number of hydrogen-bond donors (Lipinski definition) is 3. The van der Waals surface area contributed by atoms with Crippen LogP contribution in [0.2, 0.25) is 0 Å². The fourth-order valence-corrected chi connectivity index (χ4v) is 3.70. The van der Waals surface area contributed by atoms with E-state index in [1.807, 2.05) is 0 Å². The number of aliphatic hydroxyl groups is 2. The highest BCUT2D eigenvalue weighted by atomic mass is 19.1. The number of hydrogen-bond acceptors (Lipinski definition) is 5. The fourth-order valence-electron chi connectivity index (χ4n) is 3.70. The Labute approximate surface area is 163 Å². The highest BCUT2D eigenvalue weighted by molar-refractivity contribution is 5.76. The molecule has 0 aromatic carbocycles. The number of nitrogens with two attached hydrogens (primary N) is 1. The van der Waals surface area contributed by atoms with Crippen molar-refractivity contribution in [1.82, 2.24) is 4.98 Å². The van der Waals surface area contributed by atoms with Gasteiger partial charge in [-0.2, -0.15) is 0 Å². The van der Waals surface area contributed by atoms with Crippen molar-refractivity contribution in [3.8, 4) is 5.75 Å². The molecule has 0 aliphatic heterocycles. The predicted molar refractivity (Wildman–Crippen MR) is 103 cm³/mol. The molecule has 0 radical (unpaired) electrons. The molecule has 1 saturated carbocycles. The Morgan fingerprint density at radius 2 is 1.96 bits per heavy atom. The van der Waals surface area contributed by atoms with E-state index in [1.165, 1.54) is 13.2 Å². The molecule has 1 aromatic heterocycles. The van der Waals surface area contributed by atoms with Crippen LogP contribution >= 0.6 is 0 Å². The van der Waals surface area contributed by atoms with Gasteiger partial charge in [-0.3, -0.25) is 0 Å². The maximum absolute atomic E-state index is 14.8. The van der Waals surface area contributed by atoms with Gasteiger partial charge in [-0.05, 0) is 57.2 Å². The van der Waals surface area contributed by atoms with Crippen LogP contribution in [0, 0.1) is 5.92 Å². The number of halogens is 2. The zero-order valence-corrected chi connectivity index (χ0v) is 16.7. The van der Waals surface area contributed by atoms with Crippen molar-refractivity contribution in [2.24, 2.45) is 11.7 Å². The van der Waals surface area contributed by atoms with Gasteiger partial charge in [0.2, 0.25) is 0 Å². The quantitative estimate of drug-likeness (QED) is 0.689. The molecule has 2 aliphatic carbocycles. The molecule has 0 spiro atoms. The van der Waals surface area contributed by atoms with E-state index in [4.69, 9.17) is 10.5 Å². The SMILES string of the molecule is COc1c(C(C)(C)O)cc([C@@](O)(CN)C2CC2)nc1C1=CC(C)=C(F)CC1F. The molecule has 1 unspecified atom stereocenters. The highest BCUT2D eigenvalue weighted by Gasteiger charge is 2.46. The van der Waals surface area contributed by atoms with Gasteiger partial charge < -0.3 is 20.7 Å². The predicted octanol–water partition coefficient (Wildman–Crippen LogP) is 3.24. The van der Waals surface area contributed by atoms with Crippen molar-refractivity contribution >= 4 is 5.57 Å². The molecule has 1 fully saturated rings. The molecule has 28 heavy (non-hydrogen) atoms. The van der Waals surface area contributed by atoms with Gasteiger partial charge in [0.1, 0.15) is 23.3 Å². The topological polar surface area (TPSA) is 88.6 Å². The second-order valence-corrected chi connectivity index (χ2v) is 8.26. The van der Waals surface area contributed by atoms with E-state index in [-0.39, 0.29) is 41.6 Å². The summed E-state index contributed by atoms with van der Waals surface area (Å²) in [5, 5.41) is 21.9. The minimum Gasteiger partial charge on any atom is -0.494 e. The van der Waals surface area contributed by atoms with E-state index in [1.54, 1.807) is 26.8 Å². The molecule has 2 atom stereocenters. The van der Waals surface area contributed by atoms with Gasteiger partial charge in [0.05, 0.1) is 18.4 Å². The van der Waals surface area contributed by atoms with Crippen LogP contribution < -0.4 is 10.5 Å². The monoisotopic (exact) mass is 394 g/mol. The van der Waals surface area contributed by atoms with Gasteiger partial charge in [-0.1, -0.05) is 0 Å². The van der Waals surface area contributed by atoms with E-state index in [0.29, 0.717) is 11.1 Å². The number of methoxy groups -OCH3 is 1. The van der Waals surface area contributed by atoms with Crippen LogP contribution in [-0.2, 0) is 11.2 Å². The lowest BCUT2D eigenvalue weighted by atomic mass is 9.86. The first-order chi connectivity index (χ1) is 13.0. The summed E-state index contributed by atoms with van der Waals surface area (Å²) in [5.41, 5.74) is 4.43. The van der Waals surface area contributed by atoms with Gasteiger partial charge in [-0.25, -0.2) is 13.8 Å². The largest absolute Gasteiger partial charge is 0.494 e. The third-order valence-electron chi connectivity index (χ3n) is 5.61. The second kappa shape index (κ2) is 7.21. The van der Waals surface area contributed by atoms with E-state index < -0.39 is 23.2 Å². The minimum absolute atomic E-state index is 0.0403. The van der Waals surface area contributed by atoms with E-state index >= 15 is 0 Å². The maximum Gasteiger partial charge on any atom is 0.150 e. The van der Waals surface area contributed by atoms with Crippen molar-refractivity contribution < 1.29 is 23.7 Å². The fraction of sp³-hybridized carbons (Fsp3) is 0.571. The summed E-state index contributed by atoms with van der Waals surface area (Å²) >= 11 is 0.